The molecule has 25 heavy (non-hydrogen) atoms. The lowest BCUT2D eigenvalue weighted by Crippen LogP contribution is -2.36. The maximum Gasteiger partial charge on any atom is 0.337 e. The summed E-state index contributed by atoms with van der Waals surface area (Å²) in [5.74, 6) is -0.926. The molecule has 0 saturated heterocycles. The van der Waals surface area contributed by atoms with Gasteiger partial charge in [-0.25, -0.2) is 13.6 Å². The van der Waals surface area contributed by atoms with E-state index in [1.165, 1.54) is 7.11 Å². The van der Waals surface area contributed by atoms with Crippen molar-refractivity contribution in [2.24, 2.45) is 4.99 Å². The van der Waals surface area contributed by atoms with Crippen molar-refractivity contribution in [3.8, 4) is 0 Å². The second kappa shape index (κ2) is 8.77. The molecule has 2 rings (SSSR count). The molecule has 132 valence electrons. The van der Waals surface area contributed by atoms with Gasteiger partial charge in [0.25, 0.3) is 0 Å². The van der Waals surface area contributed by atoms with Gasteiger partial charge in [0.2, 0.25) is 0 Å². The fraction of sp³-hybridized carbons (Fsp3) is 0.222. The molecule has 2 N–H and O–H groups in total. The van der Waals surface area contributed by atoms with Crippen LogP contribution in [0.1, 0.15) is 21.5 Å². The summed E-state index contributed by atoms with van der Waals surface area (Å²) in [5, 5.41) is 5.98. The molecule has 2 aromatic carbocycles. The van der Waals surface area contributed by atoms with Crippen molar-refractivity contribution in [1.82, 2.24) is 10.6 Å². The van der Waals surface area contributed by atoms with E-state index in [0.717, 1.165) is 23.8 Å². The molecule has 0 aliphatic rings. The molecule has 0 saturated carbocycles. The van der Waals surface area contributed by atoms with Gasteiger partial charge < -0.3 is 15.4 Å². The van der Waals surface area contributed by atoms with E-state index >= 15 is 0 Å². The molecule has 0 amide bonds. The summed E-state index contributed by atoms with van der Waals surface area (Å²) in [5.41, 5.74) is 1.60. The normalized spacial score (nSPS) is 11.1. The first-order valence-corrected chi connectivity index (χ1v) is 7.59. The highest BCUT2D eigenvalue weighted by atomic mass is 19.1. The molecule has 0 aliphatic heterocycles. The first-order valence-electron chi connectivity index (χ1n) is 7.59. The van der Waals surface area contributed by atoms with Crippen LogP contribution in [0.15, 0.2) is 47.5 Å². The van der Waals surface area contributed by atoms with E-state index < -0.39 is 17.6 Å². The number of halogens is 2. The number of ether oxygens (including phenoxy) is 1. The average molecular weight is 347 g/mol. The molecule has 0 atom stereocenters. The van der Waals surface area contributed by atoms with Crippen LogP contribution in [0.25, 0.3) is 0 Å². The van der Waals surface area contributed by atoms with E-state index in [1.807, 2.05) is 0 Å². The molecule has 0 aromatic heterocycles. The summed E-state index contributed by atoms with van der Waals surface area (Å²) in [7, 11) is 2.91. The van der Waals surface area contributed by atoms with Crippen molar-refractivity contribution < 1.29 is 18.3 Å². The van der Waals surface area contributed by atoms with Crippen molar-refractivity contribution in [2.45, 2.75) is 13.1 Å². The summed E-state index contributed by atoms with van der Waals surface area (Å²) in [6, 6.07) is 10.2. The fourth-order valence-corrected chi connectivity index (χ4v) is 2.14. The first-order chi connectivity index (χ1) is 12.0. The maximum absolute atomic E-state index is 13.6. The van der Waals surface area contributed by atoms with E-state index in [-0.39, 0.29) is 12.1 Å². The highest BCUT2D eigenvalue weighted by molar-refractivity contribution is 5.89. The summed E-state index contributed by atoms with van der Waals surface area (Å²) in [6.45, 7) is 0.553. The number of rotatable bonds is 5. The molecule has 0 radical (unpaired) electrons. The number of guanidine groups is 1. The number of carbonyl (C=O) groups is 1. The molecular weight excluding hydrogens is 328 g/mol. The van der Waals surface area contributed by atoms with E-state index in [1.54, 1.807) is 31.3 Å². The van der Waals surface area contributed by atoms with Gasteiger partial charge in [0.1, 0.15) is 11.6 Å². The predicted octanol–water partition coefficient (Wildman–Crippen LogP) is 2.62. The van der Waals surface area contributed by atoms with Crippen LogP contribution in [0.2, 0.25) is 0 Å². The Hall–Kier alpha value is -2.96. The highest BCUT2D eigenvalue weighted by Gasteiger charge is 2.06. The summed E-state index contributed by atoms with van der Waals surface area (Å²) in [4.78, 5) is 15.4. The predicted molar refractivity (Wildman–Crippen MR) is 91.2 cm³/mol. The molecule has 0 bridgehead atoms. The molecular formula is C18H19F2N3O2. The number of hydrogen-bond donors (Lipinski definition) is 2. The van der Waals surface area contributed by atoms with Crippen LogP contribution in [0, 0.1) is 11.6 Å². The van der Waals surface area contributed by atoms with Gasteiger partial charge in [-0.2, -0.15) is 0 Å². The van der Waals surface area contributed by atoms with Crippen LogP contribution in [0.3, 0.4) is 0 Å². The van der Waals surface area contributed by atoms with Crippen LogP contribution in [-0.2, 0) is 17.8 Å². The Morgan fingerprint density at radius 3 is 2.40 bits per heavy atom. The number of aliphatic imine (C=N–C) groups is 1. The second-order valence-electron chi connectivity index (χ2n) is 5.20. The maximum atomic E-state index is 13.6. The largest absolute Gasteiger partial charge is 0.465 e. The van der Waals surface area contributed by atoms with Crippen LogP contribution in [0.5, 0.6) is 0 Å². The zero-order valence-corrected chi connectivity index (χ0v) is 14.0. The Bertz CT molecular complexity index is 761. The Kier molecular flexibility index (Phi) is 6.45. The van der Waals surface area contributed by atoms with Gasteiger partial charge >= 0.3 is 5.97 Å². The Morgan fingerprint density at radius 1 is 1.08 bits per heavy atom. The number of carbonyl (C=O) groups excluding carboxylic acids is 1. The van der Waals surface area contributed by atoms with Gasteiger partial charge in [-0.3, -0.25) is 4.99 Å². The Balaban J connectivity index is 1.90. The minimum Gasteiger partial charge on any atom is -0.465 e. The average Bonchev–Trinajstić information content (AvgIpc) is 2.64. The standard InChI is InChI=1S/C18H19F2N3O2/c1-21-18(23-11-14-9-15(19)7-8-16(14)20)22-10-12-3-5-13(6-4-12)17(24)25-2/h3-9H,10-11H2,1-2H3,(H2,21,22,23). The van der Waals surface area contributed by atoms with Gasteiger partial charge in [0.05, 0.1) is 12.7 Å². The Labute approximate surface area is 144 Å². The topological polar surface area (TPSA) is 62.7 Å². The molecule has 7 heteroatoms. The summed E-state index contributed by atoms with van der Waals surface area (Å²) in [6.07, 6.45) is 0. The van der Waals surface area contributed by atoms with Gasteiger partial charge in [-0.05, 0) is 35.9 Å². The number of hydrogen-bond acceptors (Lipinski definition) is 3. The first kappa shape index (κ1) is 18.4. The molecule has 0 aliphatic carbocycles. The number of benzene rings is 2. The smallest absolute Gasteiger partial charge is 0.337 e. The third-order valence-electron chi connectivity index (χ3n) is 3.51. The highest BCUT2D eigenvalue weighted by Crippen LogP contribution is 2.09. The molecule has 0 unspecified atom stereocenters. The summed E-state index contributed by atoms with van der Waals surface area (Å²) >= 11 is 0. The van der Waals surface area contributed by atoms with Crippen molar-refractivity contribution in [2.75, 3.05) is 14.2 Å². The second-order valence-corrected chi connectivity index (χ2v) is 5.20. The monoisotopic (exact) mass is 347 g/mol. The lowest BCUT2D eigenvalue weighted by molar-refractivity contribution is 0.0600. The number of nitrogens with zero attached hydrogens (tertiary/aromatic N) is 1. The molecule has 0 spiro atoms. The third-order valence-corrected chi connectivity index (χ3v) is 3.51. The van der Waals surface area contributed by atoms with Crippen molar-refractivity contribution in [3.05, 3.63) is 70.8 Å². The van der Waals surface area contributed by atoms with Crippen molar-refractivity contribution in [3.63, 3.8) is 0 Å². The van der Waals surface area contributed by atoms with Gasteiger partial charge in [-0.1, -0.05) is 12.1 Å². The number of methoxy groups -OCH3 is 1. The van der Waals surface area contributed by atoms with Crippen LogP contribution in [-0.4, -0.2) is 26.1 Å². The zero-order valence-electron chi connectivity index (χ0n) is 14.0. The van der Waals surface area contributed by atoms with Gasteiger partial charge in [-0.15, -0.1) is 0 Å². The van der Waals surface area contributed by atoms with E-state index in [0.29, 0.717) is 18.1 Å². The van der Waals surface area contributed by atoms with Crippen molar-refractivity contribution in [1.29, 1.82) is 0 Å². The molecule has 2 aromatic rings. The van der Waals surface area contributed by atoms with E-state index in [9.17, 15) is 13.6 Å². The van der Waals surface area contributed by atoms with E-state index in [4.69, 9.17) is 0 Å². The zero-order chi connectivity index (χ0) is 18.2. The number of esters is 1. The third kappa shape index (κ3) is 5.27. The minimum absolute atomic E-state index is 0.102. The van der Waals surface area contributed by atoms with Gasteiger partial charge in [0, 0.05) is 25.7 Å². The SMILES string of the molecule is CN=C(NCc1ccc(C(=O)OC)cc1)NCc1cc(F)ccc1F. The lowest BCUT2D eigenvalue weighted by atomic mass is 10.1. The van der Waals surface area contributed by atoms with Gasteiger partial charge in [0.15, 0.2) is 5.96 Å². The number of nitrogens with one attached hydrogen (secondary N) is 2. The quantitative estimate of drug-likeness (QED) is 0.496. The Morgan fingerprint density at radius 2 is 1.76 bits per heavy atom. The van der Waals surface area contributed by atoms with Crippen LogP contribution >= 0.6 is 0 Å². The van der Waals surface area contributed by atoms with Crippen molar-refractivity contribution >= 4 is 11.9 Å². The lowest BCUT2D eigenvalue weighted by Gasteiger charge is -2.12. The summed E-state index contributed by atoms with van der Waals surface area (Å²) < 4.78 is 31.4. The molecule has 5 nitrogen and oxygen atoms in total. The van der Waals surface area contributed by atoms with Crippen LogP contribution in [0.4, 0.5) is 8.78 Å². The molecule has 0 fully saturated rings. The van der Waals surface area contributed by atoms with E-state index in [2.05, 4.69) is 20.4 Å². The molecule has 0 heterocycles. The minimum atomic E-state index is -0.494. The van der Waals surface area contributed by atoms with Crippen LogP contribution < -0.4 is 10.6 Å². The fourth-order valence-electron chi connectivity index (χ4n) is 2.14.